The molecule has 172 valence electrons. The van der Waals surface area contributed by atoms with Gasteiger partial charge < -0.3 is 14.4 Å². The fourth-order valence-corrected chi connectivity index (χ4v) is 5.38. The summed E-state index contributed by atoms with van der Waals surface area (Å²) < 4.78 is 11.8. The number of terminal acetylenes is 1. The first-order valence-corrected chi connectivity index (χ1v) is 11.7. The number of carbonyl (C=O) groups is 2. The molecule has 0 fully saturated rings. The van der Waals surface area contributed by atoms with Crippen molar-refractivity contribution in [1.29, 1.82) is 0 Å². The molecule has 0 saturated carbocycles. The minimum atomic E-state index is -0.378. The van der Waals surface area contributed by atoms with Crippen molar-refractivity contribution >= 4 is 11.6 Å². The molecule has 0 radical (unpaired) electrons. The van der Waals surface area contributed by atoms with Crippen molar-refractivity contribution in [3.05, 3.63) is 58.5 Å². The van der Waals surface area contributed by atoms with Crippen LogP contribution >= 0.6 is 0 Å². The summed E-state index contributed by atoms with van der Waals surface area (Å²) in [5.41, 5.74) is 5.42. The van der Waals surface area contributed by atoms with Gasteiger partial charge in [0.1, 0.15) is 6.61 Å². The first-order chi connectivity index (χ1) is 16.0. The highest BCUT2D eigenvalue weighted by atomic mass is 16.5. The third kappa shape index (κ3) is 4.11. The van der Waals surface area contributed by atoms with E-state index in [4.69, 9.17) is 15.9 Å². The summed E-state index contributed by atoms with van der Waals surface area (Å²) in [4.78, 5) is 28.6. The second kappa shape index (κ2) is 9.70. The van der Waals surface area contributed by atoms with E-state index < -0.39 is 0 Å². The number of Topliss-reactive ketones (excluding diaryl/α,β-unsaturated/α-hetero) is 2. The zero-order valence-corrected chi connectivity index (χ0v) is 19.5. The largest absolute Gasteiger partial charge is 0.490 e. The van der Waals surface area contributed by atoms with Gasteiger partial charge in [0.2, 0.25) is 0 Å². The number of ketones is 2. The molecule has 4 rings (SSSR count). The Morgan fingerprint density at radius 2 is 1.73 bits per heavy atom. The fourth-order valence-electron chi connectivity index (χ4n) is 5.38. The maximum atomic E-state index is 13.3. The highest BCUT2D eigenvalue weighted by molar-refractivity contribution is 6.06. The highest BCUT2D eigenvalue weighted by Crippen LogP contribution is 2.50. The molecule has 1 aromatic carbocycles. The van der Waals surface area contributed by atoms with Gasteiger partial charge in [0.15, 0.2) is 23.1 Å². The van der Waals surface area contributed by atoms with Crippen LogP contribution in [0.15, 0.2) is 47.3 Å². The summed E-state index contributed by atoms with van der Waals surface area (Å²) in [5, 5.41) is 0. The minimum Gasteiger partial charge on any atom is -0.490 e. The van der Waals surface area contributed by atoms with Gasteiger partial charge in [-0.25, -0.2) is 0 Å². The molecule has 0 aromatic heterocycles. The molecule has 1 aliphatic heterocycles. The molecule has 1 aromatic rings. The molecule has 0 atom stereocenters. The fraction of sp³-hybridized carbons (Fsp3) is 0.429. The number of nitrogens with zero attached hydrogens (tertiary/aromatic N) is 1. The van der Waals surface area contributed by atoms with Gasteiger partial charge in [-0.15, -0.1) is 13.0 Å². The Hall–Kier alpha value is -3.26. The van der Waals surface area contributed by atoms with Gasteiger partial charge in [0.25, 0.3) is 0 Å². The topological polar surface area (TPSA) is 55.8 Å². The molecule has 5 heteroatoms. The first-order valence-electron chi connectivity index (χ1n) is 11.7. The van der Waals surface area contributed by atoms with Crippen LogP contribution in [0.25, 0.3) is 0 Å². The molecule has 3 aliphatic rings. The van der Waals surface area contributed by atoms with E-state index in [0.29, 0.717) is 37.4 Å². The molecule has 0 spiro atoms. The Balaban J connectivity index is 1.96. The SMILES string of the molecule is C#CCOc1c(CC=C)cc(C2C3=C(CCCC3=O)N(C)C3=C2C(=O)CCC3)cc1OCC. The van der Waals surface area contributed by atoms with Crippen molar-refractivity contribution in [2.45, 2.75) is 57.8 Å². The number of ether oxygens (including phenoxy) is 2. The summed E-state index contributed by atoms with van der Waals surface area (Å²) in [5.74, 6) is 3.58. The maximum absolute atomic E-state index is 13.3. The second-order valence-corrected chi connectivity index (χ2v) is 8.69. The molecule has 2 aliphatic carbocycles. The Bertz CT molecular complexity index is 1060. The van der Waals surface area contributed by atoms with Crippen LogP contribution in [0.1, 0.15) is 62.5 Å². The normalized spacial score (nSPS) is 18.6. The van der Waals surface area contributed by atoms with Crippen LogP contribution in [0, 0.1) is 12.3 Å². The van der Waals surface area contributed by atoms with Gasteiger partial charge in [0, 0.05) is 53.9 Å². The van der Waals surface area contributed by atoms with Crippen molar-refractivity contribution in [3.8, 4) is 23.8 Å². The van der Waals surface area contributed by atoms with Gasteiger partial charge >= 0.3 is 0 Å². The lowest BCUT2D eigenvalue weighted by Gasteiger charge is -2.42. The monoisotopic (exact) mass is 445 g/mol. The molecule has 0 saturated heterocycles. The lowest BCUT2D eigenvalue weighted by atomic mass is 9.71. The van der Waals surface area contributed by atoms with Crippen molar-refractivity contribution in [2.75, 3.05) is 20.3 Å². The molecule has 5 nitrogen and oxygen atoms in total. The van der Waals surface area contributed by atoms with E-state index in [0.717, 1.165) is 59.4 Å². The van der Waals surface area contributed by atoms with Crippen LogP contribution < -0.4 is 9.47 Å². The molecule has 0 amide bonds. The Morgan fingerprint density at radius 3 is 2.27 bits per heavy atom. The third-order valence-corrected chi connectivity index (χ3v) is 6.70. The van der Waals surface area contributed by atoms with Crippen LogP contribution in [0.2, 0.25) is 0 Å². The summed E-state index contributed by atoms with van der Waals surface area (Å²) in [6.45, 7) is 6.38. The van der Waals surface area contributed by atoms with E-state index in [1.165, 1.54) is 0 Å². The molecule has 1 heterocycles. The molecule has 0 bridgehead atoms. The zero-order valence-electron chi connectivity index (χ0n) is 19.5. The van der Waals surface area contributed by atoms with E-state index in [1.54, 1.807) is 6.08 Å². The predicted molar refractivity (Wildman–Crippen MR) is 128 cm³/mol. The smallest absolute Gasteiger partial charge is 0.166 e. The van der Waals surface area contributed by atoms with Crippen molar-refractivity contribution in [1.82, 2.24) is 4.90 Å². The van der Waals surface area contributed by atoms with Gasteiger partial charge in [0.05, 0.1) is 6.61 Å². The Labute approximate surface area is 196 Å². The Morgan fingerprint density at radius 1 is 1.09 bits per heavy atom. The van der Waals surface area contributed by atoms with E-state index in [-0.39, 0.29) is 24.1 Å². The Kier molecular flexibility index (Phi) is 6.74. The summed E-state index contributed by atoms with van der Waals surface area (Å²) in [7, 11) is 2.00. The van der Waals surface area contributed by atoms with E-state index in [1.807, 2.05) is 26.1 Å². The average Bonchev–Trinajstić information content (AvgIpc) is 2.80. The van der Waals surface area contributed by atoms with Gasteiger partial charge in [-0.05, 0) is 50.7 Å². The number of allylic oxidation sites excluding steroid dienone is 5. The number of hydrogen-bond acceptors (Lipinski definition) is 5. The second-order valence-electron chi connectivity index (χ2n) is 8.69. The van der Waals surface area contributed by atoms with Gasteiger partial charge in [-0.2, -0.15) is 0 Å². The lowest BCUT2D eigenvalue weighted by Crippen LogP contribution is -2.37. The summed E-state index contributed by atoms with van der Waals surface area (Å²) in [6, 6.07) is 3.96. The van der Waals surface area contributed by atoms with Crippen molar-refractivity contribution in [2.24, 2.45) is 0 Å². The predicted octanol–water partition coefficient (Wildman–Crippen LogP) is 4.87. The van der Waals surface area contributed by atoms with Crippen molar-refractivity contribution < 1.29 is 19.1 Å². The summed E-state index contributed by atoms with van der Waals surface area (Å²) >= 11 is 0. The van der Waals surface area contributed by atoms with Crippen LogP contribution in [-0.2, 0) is 16.0 Å². The molecule has 0 N–H and O–H groups in total. The van der Waals surface area contributed by atoms with E-state index in [9.17, 15) is 9.59 Å². The van der Waals surface area contributed by atoms with E-state index in [2.05, 4.69) is 17.4 Å². The summed E-state index contributed by atoms with van der Waals surface area (Å²) in [6.07, 6.45) is 12.2. The first kappa shape index (κ1) is 22.9. The standard InChI is InChI=1S/C28H31NO4/c1-5-10-18-16-19(17-24(32-7-3)28(18)33-15-6-2)25-26-20(11-8-13-22(26)30)29(4)21-12-9-14-23(31)27(21)25/h2,5,16-17,25H,1,7-15H2,3-4H3. The quantitative estimate of drug-likeness (QED) is 0.443. The average molecular weight is 446 g/mol. The number of hydrogen-bond donors (Lipinski definition) is 0. The van der Waals surface area contributed by atoms with Crippen LogP contribution in [-0.4, -0.2) is 36.7 Å². The minimum absolute atomic E-state index is 0.124. The van der Waals surface area contributed by atoms with Gasteiger partial charge in [-0.3, -0.25) is 9.59 Å². The molecule has 0 unspecified atom stereocenters. The van der Waals surface area contributed by atoms with Crippen LogP contribution in [0.4, 0.5) is 0 Å². The van der Waals surface area contributed by atoms with Gasteiger partial charge in [-0.1, -0.05) is 18.1 Å². The van der Waals surface area contributed by atoms with E-state index >= 15 is 0 Å². The number of carbonyl (C=O) groups excluding carboxylic acids is 2. The third-order valence-electron chi connectivity index (χ3n) is 6.70. The highest BCUT2D eigenvalue weighted by Gasteiger charge is 2.42. The maximum Gasteiger partial charge on any atom is 0.166 e. The number of rotatable bonds is 7. The zero-order chi connectivity index (χ0) is 23.5. The molecular formula is C28H31NO4. The molecule has 33 heavy (non-hydrogen) atoms. The molecular weight excluding hydrogens is 414 g/mol. The number of benzene rings is 1. The van der Waals surface area contributed by atoms with Crippen LogP contribution in [0.5, 0.6) is 11.5 Å². The lowest BCUT2D eigenvalue weighted by molar-refractivity contribution is -0.117. The van der Waals surface area contributed by atoms with Crippen molar-refractivity contribution in [3.63, 3.8) is 0 Å². The van der Waals surface area contributed by atoms with Crippen LogP contribution in [0.3, 0.4) is 0 Å².